The Labute approximate surface area is 76.5 Å². The van der Waals surface area contributed by atoms with Gasteiger partial charge in [-0.2, -0.15) is 0 Å². The molecule has 0 aromatic rings. The maximum absolute atomic E-state index is 10.6. The Morgan fingerprint density at radius 1 is 1.17 bits per heavy atom. The Morgan fingerprint density at radius 2 is 1.58 bits per heavy atom. The summed E-state index contributed by atoms with van der Waals surface area (Å²) in [5.74, 6) is -0.137. The normalized spacial score (nSPS) is 11.6. The second-order valence-electron chi connectivity index (χ2n) is 3.53. The van der Waals surface area contributed by atoms with E-state index in [1.165, 1.54) is 18.1 Å². The lowest BCUT2D eigenvalue weighted by molar-refractivity contribution is -0.117. The molecule has 0 aliphatic carbocycles. The van der Waals surface area contributed by atoms with Crippen LogP contribution in [-0.4, -0.2) is 14.0 Å². The monoisotopic (exact) mass is 187 g/mol. The van der Waals surface area contributed by atoms with Crippen molar-refractivity contribution in [1.29, 1.82) is 0 Å². The number of carbonyl (C=O) groups excluding carboxylic acids is 1. The lowest BCUT2D eigenvalue weighted by Gasteiger charge is -2.27. The fraction of sp³-hybridized carbons (Fsp3) is 0.889. The summed E-state index contributed by atoms with van der Waals surface area (Å²) < 4.78 is 0. The second kappa shape index (κ2) is 5.35. The Kier molecular flexibility index (Phi) is 5.21. The molecular formula is C9H21NOSi. The molecule has 0 fully saturated rings. The molecule has 0 heterocycles. The van der Waals surface area contributed by atoms with Crippen molar-refractivity contribution < 1.29 is 4.79 Å². The van der Waals surface area contributed by atoms with Crippen molar-refractivity contribution in [3.8, 4) is 0 Å². The third kappa shape index (κ3) is 3.39. The van der Waals surface area contributed by atoms with Gasteiger partial charge in [0.25, 0.3) is 0 Å². The van der Waals surface area contributed by atoms with Crippen LogP contribution in [0.15, 0.2) is 0 Å². The average Bonchev–Trinajstić information content (AvgIpc) is 2.08. The van der Waals surface area contributed by atoms with Gasteiger partial charge in [-0.05, 0) is 6.04 Å². The van der Waals surface area contributed by atoms with Crippen molar-refractivity contribution >= 4 is 14.0 Å². The topological polar surface area (TPSA) is 43.1 Å². The van der Waals surface area contributed by atoms with Crippen LogP contribution in [0.3, 0.4) is 0 Å². The molecule has 0 spiro atoms. The van der Waals surface area contributed by atoms with Crippen molar-refractivity contribution in [3.05, 3.63) is 0 Å². The van der Waals surface area contributed by atoms with Gasteiger partial charge in [0.05, 0.1) is 8.07 Å². The first-order chi connectivity index (χ1) is 5.60. The van der Waals surface area contributed by atoms with E-state index in [4.69, 9.17) is 5.73 Å². The van der Waals surface area contributed by atoms with Gasteiger partial charge in [-0.25, -0.2) is 0 Å². The molecule has 1 amide bonds. The first kappa shape index (κ1) is 11.7. The average molecular weight is 187 g/mol. The quantitative estimate of drug-likeness (QED) is 0.637. The molecule has 12 heavy (non-hydrogen) atoms. The Hall–Kier alpha value is -0.313. The Morgan fingerprint density at radius 3 is 1.83 bits per heavy atom. The zero-order valence-electron chi connectivity index (χ0n) is 8.52. The van der Waals surface area contributed by atoms with Gasteiger partial charge in [0.15, 0.2) is 0 Å². The molecule has 2 N–H and O–H groups in total. The smallest absolute Gasteiger partial charge is 0.217 e. The second-order valence-corrected chi connectivity index (χ2v) is 9.15. The van der Waals surface area contributed by atoms with Crippen LogP contribution in [0, 0.1) is 0 Å². The van der Waals surface area contributed by atoms with E-state index < -0.39 is 8.07 Å². The van der Waals surface area contributed by atoms with E-state index in [0.717, 1.165) is 6.04 Å². The van der Waals surface area contributed by atoms with E-state index in [0.29, 0.717) is 6.42 Å². The molecule has 0 atom stereocenters. The van der Waals surface area contributed by atoms with Crippen molar-refractivity contribution in [2.75, 3.05) is 0 Å². The van der Waals surface area contributed by atoms with E-state index in [1.807, 2.05) is 0 Å². The highest BCUT2D eigenvalue weighted by molar-refractivity contribution is 6.79. The van der Waals surface area contributed by atoms with Gasteiger partial charge in [-0.3, -0.25) is 4.79 Å². The zero-order valence-corrected chi connectivity index (χ0v) is 9.52. The number of primary amides is 1. The van der Waals surface area contributed by atoms with Crippen molar-refractivity contribution in [2.45, 2.75) is 51.4 Å². The lowest BCUT2D eigenvalue weighted by atomic mass is 10.5. The van der Waals surface area contributed by atoms with Crippen LogP contribution in [0.4, 0.5) is 0 Å². The van der Waals surface area contributed by atoms with E-state index >= 15 is 0 Å². The molecule has 0 rings (SSSR count). The maximum Gasteiger partial charge on any atom is 0.217 e. The summed E-state index contributed by atoms with van der Waals surface area (Å²) >= 11 is 0. The van der Waals surface area contributed by atoms with Crippen LogP contribution in [0.2, 0.25) is 24.2 Å². The predicted molar refractivity (Wildman–Crippen MR) is 55.8 cm³/mol. The maximum atomic E-state index is 10.6. The molecule has 0 unspecified atom stereocenters. The fourth-order valence-corrected chi connectivity index (χ4v) is 5.01. The van der Waals surface area contributed by atoms with Crippen molar-refractivity contribution in [3.63, 3.8) is 0 Å². The van der Waals surface area contributed by atoms with Gasteiger partial charge in [0, 0.05) is 6.42 Å². The number of rotatable bonds is 6. The molecule has 0 saturated heterocycles. The summed E-state index contributed by atoms with van der Waals surface area (Å²) in [6.07, 6.45) is 0.599. The standard InChI is InChI=1S/C9H21NOSi/c1-4-12(5-2,6-3)8-7-9(10)11/h4-8H2,1-3H3,(H2,10,11). The van der Waals surface area contributed by atoms with Crippen LogP contribution in [0.25, 0.3) is 0 Å². The molecule has 0 radical (unpaired) electrons. The zero-order chi connectivity index (χ0) is 9.61. The Balaban J connectivity index is 4.01. The van der Waals surface area contributed by atoms with Gasteiger partial charge in [0.1, 0.15) is 0 Å². The number of nitrogens with two attached hydrogens (primary N) is 1. The van der Waals surface area contributed by atoms with Gasteiger partial charge in [-0.15, -0.1) is 0 Å². The van der Waals surface area contributed by atoms with Crippen LogP contribution >= 0.6 is 0 Å². The highest BCUT2D eigenvalue weighted by atomic mass is 28.3. The van der Waals surface area contributed by atoms with Gasteiger partial charge in [-0.1, -0.05) is 38.9 Å². The molecule has 0 aliphatic rings. The van der Waals surface area contributed by atoms with Gasteiger partial charge < -0.3 is 5.73 Å². The number of amides is 1. The summed E-state index contributed by atoms with van der Waals surface area (Å²) in [5, 5.41) is 0. The summed E-state index contributed by atoms with van der Waals surface area (Å²) in [6, 6.07) is 4.94. The SMILES string of the molecule is CC[Si](CC)(CC)CCC(N)=O. The Bertz CT molecular complexity index is 135. The highest BCUT2D eigenvalue weighted by Gasteiger charge is 2.26. The predicted octanol–water partition coefficient (Wildman–Crippen LogP) is 2.37. The van der Waals surface area contributed by atoms with Crippen molar-refractivity contribution in [2.24, 2.45) is 5.73 Å². The first-order valence-electron chi connectivity index (χ1n) is 4.88. The minimum Gasteiger partial charge on any atom is -0.370 e. The van der Waals surface area contributed by atoms with Crippen LogP contribution in [-0.2, 0) is 4.79 Å². The molecule has 72 valence electrons. The lowest BCUT2D eigenvalue weighted by Crippen LogP contribution is -2.32. The molecule has 0 aliphatic heterocycles. The van der Waals surface area contributed by atoms with E-state index in [2.05, 4.69) is 20.8 Å². The summed E-state index contributed by atoms with van der Waals surface area (Å²) in [4.78, 5) is 10.6. The van der Waals surface area contributed by atoms with Crippen LogP contribution < -0.4 is 5.73 Å². The molecule has 0 aromatic carbocycles. The fourth-order valence-electron chi connectivity index (χ4n) is 1.67. The van der Waals surface area contributed by atoms with E-state index in [1.54, 1.807) is 0 Å². The van der Waals surface area contributed by atoms with Crippen LogP contribution in [0.5, 0.6) is 0 Å². The summed E-state index contributed by atoms with van der Waals surface area (Å²) in [5.41, 5.74) is 5.15. The first-order valence-corrected chi connectivity index (χ1v) is 7.71. The van der Waals surface area contributed by atoms with Crippen molar-refractivity contribution in [1.82, 2.24) is 0 Å². The molecule has 2 nitrogen and oxygen atoms in total. The number of hydrogen-bond donors (Lipinski definition) is 1. The summed E-state index contributed by atoms with van der Waals surface area (Å²) in [7, 11) is -1.08. The highest BCUT2D eigenvalue weighted by Crippen LogP contribution is 2.26. The third-order valence-corrected chi connectivity index (χ3v) is 8.96. The molecule has 3 heteroatoms. The molecule has 0 saturated carbocycles. The van der Waals surface area contributed by atoms with E-state index in [-0.39, 0.29) is 5.91 Å². The van der Waals surface area contributed by atoms with Gasteiger partial charge >= 0.3 is 0 Å². The summed E-state index contributed by atoms with van der Waals surface area (Å²) in [6.45, 7) is 6.75. The number of hydrogen-bond acceptors (Lipinski definition) is 1. The largest absolute Gasteiger partial charge is 0.370 e. The van der Waals surface area contributed by atoms with Crippen LogP contribution in [0.1, 0.15) is 27.2 Å². The minimum absolute atomic E-state index is 0.137. The molecular weight excluding hydrogens is 166 g/mol. The third-order valence-electron chi connectivity index (χ3n) is 3.15. The van der Waals surface area contributed by atoms with E-state index in [9.17, 15) is 4.79 Å². The number of carbonyl (C=O) groups is 1. The molecule has 0 bridgehead atoms. The van der Waals surface area contributed by atoms with Gasteiger partial charge in [0.2, 0.25) is 5.91 Å². The minimum atomic E-state index is -1.08. The molecule has 0 aromatic heterocycles.